The van der Waals surface area contributed by atoms with Gasteiger partial charge in [-0.05, 0) is 24.0 Å². The Labute approximate surface area is 114 Å². The highest BCUT2D eigenvalue weighted by Crippen LogP contribution is 2.28. The SMILES string of the molecule is Cc1c(C(C)CN2CCNCC2)ccc2cocc12. The third kappa shape index (κ3) is 2.53. The average Bonchev–Trinajstić information content (AvgIpc) is 2.89. The Hall–Kier alpha value is -1.32. The second-order valence-electron chi connectivity index (χ2n) is 5.61. The van der Waals surface area contributed by atoms with Crippen LogP contribution in [0.15, 0.2) is 29.1 Å². The Morgan fingerprint density at radius 2 is 2.05 bits per heavy atom. The van der Waals surface area contributed by atoms with Crippen LogP contribution in [0.25, 0.3) is 10.8 Å². The first-order valence-corrected chi connectivity index (χ1v) is 7.14. The molecule has 1 fully saturated rings. The number of nitrogens with zero attached hydrogens (tertiary/aromatic N) is 1. The standard InChI is InChI=1S/C16H22N2O/c1-12(9-18-7-5-17-6-8-18)15-4-3-14-10-19-11-16(14)13(15)2/h3-4,10-12,17H,5-9H2,1-2H3. The van der Waals surface area contributed by atoms with Gasteiger partial charge in [-0.2, -0.15) is 0 Å². The van der Waals surface area contributed by atoms with Crippen molar-refractivity contribution >= 4 is 10.8 Å². The van der Waals surface area contributed by atoms with Gasteiger partial charge in [-0.15, -0.1) is 0 Å². The van der Waals surface area contributed by atoms with Gasteiger partial charge in [0.15, 0.2) is 0 Å². The highest BCUT2D eigenvalue weighted by molar-refractivity contribution is 5.85. The molecule has 0 saturated carbocycles. The minimum absolute atomic E-state index is 0.567. The van der Waals surface area contributed by atoms with Crippen molar-refractivity contribution in [2.45, 2.75) is 19.8 Å². The van der Waals surface area contributed by atoms with E-state index >= 15 is 0 Å². The van der Waals surface area contributed by atoms with Crippen molar-refractivity contribution in [2.24, 2.45) is 0 Å². The highest BCUT2D eigenvalue weighted by Gasteiger charge is 2.16. The van der Waals surface area contributed by atoms with E-state index in [4.69, 9.17) is 4.42 Å². The molecule has 1 N–H and O–H groups in total. The van der Waals surface area contributed by atoms with Crippen LogP contribution in [0.3, 0.4) is 0 Å². The molecule has 3 rings (SSSR count). The lowest BCUT2D eigenvalue weighted by Crippen LogP contribution is -2.44. The third-order valence-corrected chi connectivity index (χ3v) is 4.24. The molecule has 1 aliphatic heterocycles. The number of fused-ring (bicyclic) bond motifs is 1. The Morgan fingerprint density at radius 1 is 1.26 bits per heavy atom. The summed E-state index contributed by atoms with van der Waals surface area (Å²) >= 11 is 0. The smallest absolute Gasteiger partial charge is 0.0984 e. The molecule has 1 aromatic heterocycles. The van der Waals surface area contributed by atoms with Crippen molar-refractivity contribution in [2.75, 3.05) is 32.7 Å². The molecule has 1 atom stereocenters. The Bertz CT molecular complexity index is 555. The van der Waals surface area contributed by atoms with Gasteiger partial charge < -0.3 is 14.6 Å². The molecular formula is C16H22N2O. The van der Waals surface area contributed by atoms with Gasteiger partial charge in [0, 0.05) is 43.5 Å². The summed E-state index contributed by atoms with van der Waals surface area (Å²) in [5.41, 5.74) is 2.82. The van der Waals surface area contributed by atoms with Crippen molar-refractivity contribution in [1.82, 2.24) is 10.2 Å². The van der Waals surface area contributed by atoms with Crippen molar-refractivity contribution in [3.8, 4) is 0 Å². The molecule has 1 aliphatic rings. The van der Waals surface area contributed by atoms with Crippen LogP contribution in [-0.4, -0.2) is 37.6 Å². The van der Waals surface area contributed by atoms with Crippen LogP contribution in [0.1, 0.15) is 24.0 Å². The summed E-state index contributed by atoms with van der Waals surface area (Å²) in [5.74, 6) is 0.567. The largest absolute Gasteiger partial charge is 0.471 e. The number of piperazine rings is 1. The molecule has 0 spiro atoms. The summed E-state index contributed by atoms with van der Waals surface area (Å²) in [6.45, 7) is 10.2. The van der Waals surface area contributed by atoms with Gasteiger partial charge in [0.1, 0.15) is 0 Å². The van der Waals surface area contributed by atoms with E-state index in [2.05, 4.69) is 36.2 Å². The summed E-state index contributed by atoms with van der Waals surface area (Å²) in [6.07, 6.45) is 3.69. The van der Waals surface area contributed by atoms with Gasteiger partial charge in [-0.25, -0.2) is 0 Å². The first-order chi connectivity index (χ1) is 9.25. The fourth-order valence-corrected chi connectivity index (χ4v) is 3.11. The molecule has 1 aromatic carbocycles. The number of nitrogens with one attached hydrogen (secondary N) is 1. The van der Waals surface area contributed by atoms with Crippen LogP contribution >= 0.6 is 0 Å². The van der Waals surface area contributed by atoms with Crippen molar-refractivity contribution in [3.05, 3.63) is 35.8 Å². The lowest BCUT2D eigenvalue weighted by molar-refractivity contribution is 0.230. The molecule has 1 saturated heterocycles. The van der Waals surface area contributed by atoms with E-state index in [1.807, 2.05) is 12.5 Å². The van der Waals surface area contributed by atoms with Crippen molar-refractivity contribution < 1.29 is 4.42 Å². The number of aryl methyl sites for hydroxylation is 1. The summed E-state index contributed by atoms with van der Waals surface area (Å²) in [4.78, 5) is 2.56. The maximum atomic E-state index is 5.31. The monoisotopic (exact) mass is 258 g/mol. The van der Waals surface area contributed by atoms with E-state index in [1.54, 1.807) is 0 Å². The lowest BCUT2D eigenvalue weighted by Gasteiger charge is -2.30. The quantitative estimate of drug-likeness (QED) is 0.917. The maximum Gasteiger partial charge on any atom is 0.0984 e. The molecule has 0 aliphatic carbocycles. The predicted molar refractivity (Wildman–Crippen MR) is 78.7 cm³/mol. The zero-order valence-corrected chi connectivity index (χ0v) is 11.8. The van der Waals surface area contributed by atoms with E-state index < -0.39 is 0 Å². The Kier molecular flexibility index (Phi) is 3.58. The maximum absolute atomic E-state index is 5.31. The van der Waals surface area contributed by atoms with Crippen LogP contribution in [0.4, 0.5) is 0 Å². The van der Waals surface area contributed by atoms with Crippen molar-refractivity contribution in [1.29, 1.82) is 0 Å². The average molecular weight is 258 g/mol. The van der Waals surface area contributed by atoms with Gasteiger partial charge >= 0.3 is 0 Å². The van der Waals surface area contributed by atoms with Crippen LogP contribution in [-0.2, 0) is 0 Å². The number of furan rings is 1. The number of hydrogen-bond donors (Lipinski definition) is 1. The van der Waals surface area contributed by atoms with Crippen LogP contribution in [0.2, 0.25) is 0 Å². The summed E-state index contributed by atoms with van der Waals surface area (Å²) in [5, 5.41) is 5.86. The molecule has 0 amide bonds. The van der Waals surface area contributed by atoms with Gasteiger partial charge in [-0.3, -0.25) is 0 Å². The predicted octanol–water partition coefficient (Wildman–Crippen LogP) is 2.75. The van der Waals surface area contributed by atoms with E-state index in [0.717, 1.165) is 32.7 Å². The van der Waals surface area contributed by atoms with E-state index in [9.17, 15) is 0 Å². The normalized spacial score (nSPS) is 18.8. The molecule has 0 radical (unpaired) electrons. The minimum Gasteiger partial charge on any atom is -0.471 e. The first kappa shape index (κ1) is 12.7. The molecular weight excluding hydrogens is 236 g/mol. The van der Waals surface area contributed by atoms with Gasteiger partial charge in [0.2, 0.25) is 0 Å². The van der Waals surface area contributed by atoms with Gasteiger partial charge in [0.25, 0.3) is 0 Å². The highest BCUT2D eigenvalue weighted by atomic mass is 16.3. The molecule has 1 unspecified atom stereocenters. The van der Waals surface area contributed by atoms with Crippen LogP contribution in [0, 0.1) is 6.92 Å². The molecule has 19 heavy (non-hydrogen) atoms. The molecule has 2 heterocycles. The molecule has 3 nitrogen and oxygen atoms in total. The van der Waals surface area contributed by atoms with Crippen molar-refractivity contribution in [3.63, 3.8) is 0 Å². The van der Waals surface area contributed by atoms with Gasteiger partial charge in [-0.1, -0.05) is 19.1 Å². The first-order valence-electron chi connectivity index (χ1n) is 7.14. The zero-order valence-electron chi connectivity index (χ0n) is 11.8. The van der Waals surface area contributed by atoms with E-state index in [0.29, 0.717) is 5.92 Å². The lowest BCUT2D eigenvalue weighted by atomic mass is 9.93. The van der Waals surface area contributed by atoms with E-state index in [-0.39, 0.29) is 0 Å². The van der Waals surface area contributed by atoms with E-state index in [1.165, 1.54) is 21.9 Å². The summed E-state index contributed by atoms with van der Waals surface area (Å²) in [7, 11) is 0. The fourth-order valence-electron chi connectivity index (χ4n) is 3.11. The second-order valence-corrected chi connectivity index (χ2v) is 5.61. The molecule has 2 aromatic rings. The Balaban J connectivity index is 1.80. The van der Waals surface area contributed by atoms with Gasteiger partial charge in [0.05, 0.1) is 12.5 Å². The third-order valence-electron chi connectivity index (χ3n) is 4.24. The summed E-state index contributed by atoms with van der Waals surface area (Å²) < 4.78 is 5.31. The zero-order chi connectivity index (χ0) is 13.2. The number of benzene rings is 1. The molecule has 3 heteroatoms. The topological polar surface area (TPSA) is 28.4 Å². The second kappa shape index (κ2) is 5.35. The molecule has 102 valence electrons. The molecule has 0 bridgehead atoms. The number of rotatable bonds is 3. The van der Waals surface area contributed by atoms with Crippen LogP contribution < -0.4 is 5.32 Å². The number of hydrogen-bond acceptors (Lipinski definition) is 3. The van der Waals surface area contributed by atoms with Crippen LogP contribution in [0.5, 0.6) is 0 Å². The minimum atomic E-state index is 0.567. The fraction of sp³-hybridized carbons (Fsp3) is 0.500. The Morgan fingerprint density at radius 3 is 2.84 bits per heavy atom. The summed E-state index contributed by atoms with van der Waals surface area (Å²) in [6, 6.07) is 4.44.